The summed E-state index contributed by atoms with van der Waals surface area (Å²) in [5, 5.41) is 8.69. The molecule has 0 heterocycles. The fraction of sp³-hybridized carbons (Fsp3) is 0.133. The Morgan fingerprint density at radius 2 is 1.56 bits per heavy atom. The monoisotopic (exact) mass is 257 g/mol. The molecule has 0 N–H and O–H groups in total. The lowest BCUT2D eigenvalue weighted by Crippen LogP contribution is -1.95. The minimum absolute atomic E-state index is 0.492. The van der Waals surface area contributed by atoms with E-state index in [1.165, 1.54) is 0 Å². The number of nitrogens with zero attached hydrogens (tertiary/aromatic N) is 1. The molecule has 0 atom stereocenters. The first kappa shape index (κ1) is 12.5. The molecule has 2 aromatic carbocycles. The van der Waals surface area contributed by atoms with Crippen LogP contribution in [0.3, 0.4) is 0 Å². The Labute approximate surface area is 111 Å². The molecule has 2 aromatic rings. The average Bonchev–Trinajstić information content (AvgIpc) is 2.46. The topological polar surface area (TPSA) is 33.0 Å². The van der Waals surface area contributed by atoms with Gasteiger partial charge < -0.3 is 4.74 Å². The maximum atomic E-state index is 8.69. The standard InChI is InChI=1S/C15H12ClNO/c16-9-12-5-7-15(8-6-12)18-11-14-3-1-13(10-17)2-4-14/h1-8H,9,11H2. The number of benzene rings is 2. The van der Waals surface area contributed by atoms with Crippen molar-refractivity contribution in [2.75, 3.05) is 0 Å². The zero-order valence-corrected chi connectivity index (χ0v) is 10.5. The molecule has 3 heteroatoms. The SMILES string of the molecule is N#Cc1ccc(COc2ccc(CCl)cc2)cc1. The molecule has 0 radical (unpaired) electrons. The van der Waals surface area contributed by atoms with Crippen molar-refractivity contribution in [2.45, 2.75) is 12.5 Å². The highest BCUT2D eigenvalue weighted by Crippen LogP contribution is 2.15. The second kappa shape index (κ2) is 6.09. The quantitative estimate of drug-likeness (QED) is 0.779. The van der Waals surface area contributed by atoms with E-state index in [4.69, 9.17) is 21.6 Å². The van der Waals surface area contributed by atoms with Crippen LogP contribution in [-0.2, 0) is 12.5 Å². The molecule has 0 spiro atoms. The number of rotatable bonds is 4. The molecule has 2 rings (SSSR count). The second-order valence-corrected chi connectivity index (χ2v) is 4.14. The number of alkyl halides is 1. The van der Waals surface area contributed by atoms with Gasteiger partial charge in [-0.1, -0.05) is 24.3 Å². The van der Waals surface area contributed by atoms with E-state index in [0.717, 1.165) is 16.9 Å². The van der Waals surface area contributed by atoms with Crippen LogP contribution in [0.2, 0.25) is 0 Å². The van der Waals surface area contributed by atoms with Gasteiger partial charge >= 0.3 is 0 Å². The summed E-state index contributed by atoms with van der Waals surface area (Å²) in [6.45, 7) is 0.492. The van der Waals surface area contributed by atoms with E-state index in [0.29, 0.717) is 18.1 Å². The molecule has 0 fully saturated rings. The van der Waals surface area contributed by atoms with Crippen molar-refractivity contribution in [3.8, 4) is 11.8 Å². The van der Waals surface area contributed by atoms with Crippen LogP contribution in [0.5, 0.6) is 5.75 Å². The summed E-state index contributed by atoms with van der Waals surface area (Å²) in [7, 11) is 0. The van der Waals surface area contributed by atoms with Crippen LogP contribution in [0, 0.1) is 11.3 Å². The fourth-order valence-corrected chi connectivity index (χ4v) is 1.70. The lowest BCUT2D eigenvalue weighted by molar-refractivity contribution is 0.306. The van der Waals surface area contributed by atoms with Gasteiger partial charge in [-0.05, 0) is 35.4 Å². The van der Waals surface area contributed by atoms with E-state index in [1.54, 1.807) is 12.1 Å². The molecule has 90 valence electrons. The van der Waals surface area contributed by atoms with Crippen molar-refractivity contribution in [3.63, 3.8) is 0 Å². The molecule has 0 aliphatic carbocycles. The van der Waals surface area contributed by atoms with Crippen molar-refractivity contribution >= 4 is 11.6 Å². The van der Waals surface area contributed by atoms with Crippen molar-refractivity contribution in [2.24, 2.45) is 0 Å². The van der Waals surface area contributed by atoms with Crippen LogP contribution in [-0.4, -0.2) is 0 Å². The first-order chi connectivity index (χ1) is 8.81. The van der Waals surface area contributed by atoms with Crippen molar-refractivity contribution in [1.29, 1.82) is 5.26 Å². The smallest absolute Gasteiger partial charge is 0.119 e. The maximum Gasteiger partial charge on any atom is 0.119 e. The van der Waals surface area contributed by atoms with Gasteiger partial charge in [0.25, 0.3) is 0 Å². The van der Waals surface area contributed by atoms with Crippen LogP contribution >= 0.6 is 11.6 Å². The highest BCUT2D eigenvalue weighted by atomic mass is 35.5. The number of halogens is 1. The van der Waals surface area contributed by atoms with Crippen molar-refractivity contribution in [3.05, 3.63) is 65.2 Å². The van der Waals surface area contributed by atoms with Gasteiger partial charge in [0.15, 0.2) is 0 Å². The molecular weight excluding hydrogens is 246 g/mol. The molecular formula is C15H12ClNO. The Balaban J connectivity index is 1.95. The number of hydrogen-bond donors (Lipinski definition) is 0. The average molecular weight is 258 g/mol. The van der Waals surface area contributed by atoms with Crippen molar-refractivity contribution < 1.29 is 4.74 Å². The Bertz CT molecular complexity index is 540. The van der Waals surface area contributed by atoms with E-state index in [9.17, 15) is 0 Å². The normalized spacial score (nSPS) is 9.78. The van der Waals surface area contributed by atoms with E-state index in [2.05, 4.69) is 6.07 Å². The molecule has 0 bridgehead atoms. The predicted octanol–water partition coefficient (Wildman–Crippen LogP) is 3.88. The number of hydrogen-bond acceptors (Lipinski definition) is 2. The summed E-state index contributed by atoms with van der Waals surface area (Å²) in [6.07, 6.45) is 0. The van der Waals surface area contributed by atoms with Gasteiger partial charge in [0.2, 0.25) is 0 Å². The summed E-state index contributed by atoms with van der Waals surface area (Å²) < 4.78 is 5.64. The Morgan fingerprint density at radius 3 is 2.11 bits per heavy atom. The molecule has 0 aliphatic rings. The van der Waals surface area contributed by atoms with Crippen LogP contribution in [0.1, 0.15) is 16.7 Å². The van der Waals surface area contributed by atoms with Crippen LogP contribution in [0.15, 0.2) is 48.5 Å². The summed E-state index contributed by atoms with van der Waals surface area (Å²) in [4.78, 5) is 0. The summed E-state index contributed by atoms with van der Waals surface area (Å²) in [6, 6.07) is 17.1. The molecule has 0 saturated carbocycles. The highest BCUT2D eigenvalue weighted by Gasteiger charge is 1.97. The van der Waals surface area contributed by atoms with Crippen LogP contribution in [0.4, 0.5) is 0 Å². The highest BCUT2D eigenvalue weighted by molar-refractivity contribution is 6.17. The van der Waals surface area contributed by atoms with Gasteiger partial charge in [-0.25, -0.2) is 0 Å². The van der Waals surface area contributed by atoms with Gasteiger partial charge in [0, 0.05) is 5.88 Å². The maximum absolute atomic E-state index is 8.69. The van der Waals surface area contributed by atoms with E-state index in [-0.39, 0.29) is 0 Å². The van der Waals surface area contributed by atoms with Crippen LogP contribution in [0.25, 0.3) is 0 Å². The zero-order valence-electron chi connectivity index (χ0n) is 9.77. The summed E-state index contributed by atoms with van der Waals surface area (Å²) in [5.41, 5.74) is 2.77. The predicted molar refractivity (Wildman–Crippen MR) is 71.5 cm³/mol. The lowest BCUT2D eigenvalue weighted by Gasteiger charge is -2.06. The number of ether oxygens (including phenoxy) is 1. The van der Waals surface area contributed by atoms with E-state index >= 15 is 0 Å². The molecule has 0 unspecified atom stereocenters. The molecule has 2 nitrogen and oxygen atoms in total. The summed E-state index contributed by atoms with van der Waals surface area (Å²) in [5.74, 6) is 1.32. The Morgan fingerprint density at radius 1 is 0.944 bits per heavy atom. The zero-order chi connectivity index (χ0) is 12.8. The van der Waals surface area contributed by atoms with Gasteiger partial charge in [-0.3, -0.25) is 0 Å². The van der Waals surface area contributed by atoms with Gasteiger partial charge in [0.1, 0.15) is 12.4 Å². The third-order valence-corrected chi connectivity index (χ3v) is 2.87. The Kier molecular flexibility index (Phi) is 4.22. The molecule has 0 aliphatic heterocycles. The molecule has 0 amide bonds. The minimum Gasteiger partial charge on any atom is -0.489 e. The van der Waals surface area contributed by atoms with Gasteiger partial charge in [-0.15, -0.1) is 11.6 Å². The molecule has 0 saturated heterocycles. The Hall–Kier alpha value is -1.98. The van der Waals surface area contributed by atoms with Crippen molar-refractivity contribution in [1.82, 2.24) is 0 Å². The third kappa shape index (κ3) is 3.26. The second-order valence-electron chi connectivity index (χ2n) is 3.87. The fourth-order valence-electron chi connectivity index (χ4n) is 1.52. The van der Waals surface area contributed by atoms with Gasteiger partial charge in [0.05, 0.1) is 11.6 Å². The minimum atomic E-state index is 0.492. The third-order valence-electron chi connectivity index (χ3n) is 2.57. The van der Waals surface area contributed by atoms with Gasteiger partial charge in [-0.2, -0.15) is 5.26 Å². The van der Waals surface area contributed by atoms with E-state index in [1.807, 2.05) is 36.4 Å². The first-order valence-electron chi connectivity index (χ1n) is 5.58. The summed E-state index contributed by atoms with van der Waals surface area (Å²) >= 11 is 5.71. The first-order valence-corrected chi connectivity index (χ1v) is 6.12. The molecule has 18 heavy (non-hydrogen) atoms. The largest absolute Gasteiger partial charge is 0.489 e. The number of nitriles is 1. The molecule has 0 aromatic heterocycles. The van der Waals surface area contributed by atoms with E-state index < -0.39 is 0 Å². The lowest BCUT2D eigenvalue weighted by atomic mass is 10.1. The van der Waals surface area contributed by atoms with Crippen LogP contribution < -0.4 is 4.74 Å².